The minimum atomic E-state index is -2.98. The Morgan fingerprint density at radius 3 is 2.64 bits per heavy atom. The highest BCUT2D eigenvalue weighted by Gasteiger charge is 2.20. The van der Waals surface area contributed by atoms with Crippen molar-refractivity contribution in [3.05, 3.63) is 48.0 Å². The Hall–Kier alpha value is -1.11. The maximum atomic E-state index is 12.3. The van der Waals surface area contributed by atoms with Gasteiger partial charge in [0, 0.05) is 12.3 Å². The summed E-state index contributed by atoms with van der Waals surface area (Å²) in [5, 5.41) is 2.50. The van der Waals surface area contributed by atoms with Crippen molar-refractivity contribution in [2.24, 2.45) is 5.92 Å². The van der Waals surface area contributed by atoms with Crippen LogP contribution in [0.5, 0.6) is 0 Å². The average molecular weight is 318 g/mol. The summed E-state index contributed by atoms with van der Waals surface area (Å²) in [6.07, 6.45) is 4.67. The van der Waals surface area contributed by atoms with Crippen LogP contribution in [0.4, 0.5) is 0 Å². The van der Waals surface area contributed by atoms with Gasteiger partial charge in [-0.1, -0.05) is 69.2 Å². The van der Waals surface area contributed by atoms with Crippen molar-refractivity contribution in [3.8, 4) is 0 Å². The van der Waals surface area contributed by atoms with Gasteiger partial charge in [-0.3, -0.25) is 4.57 Å². The largest absolute Gasteiger partial charge is 0.344 e. The molecule has 0 aromatic heterocycles. The third-order valence-corrected chi connectivity index (χ3v) is 6.42. The normalized spacial score (nSPS) is 15.6. The number of hydrogen-bond acceptors (Lipinski definition) is 1. The Morgan fingerprint density at radius 2 is 1.86 bits per heavy atom. The molecule has 0 aliphatic heterocycles. The number of aryl methyl sites for hydroxylation is 1. The highest BCUT2D eigenvalue weighted by atomic mass is 31.2. The minimum Gasteiger partial charge on any atom is -0.344 e. The first-order chi connectivity index (χ1) is 10.5. The molecule has 0 heterocycles. The van der Waals surface area contributed by atoms with E-state index in [1.165, 1.54) is 16.3 Å². The van der Waals surface area contributed by atoms with Gasteiger partial charge in [-0.25, -0.2) is 0 Å². The van der Waals surface area contributed by atoms with E-state index in [0.717, 1.165) is 25.7 Å². The first-order valence-electron chi connectivity index (χ1n) is 8.29. The molecular weight excluding hydrogens is 291 g/mol. The molecule has 0 bridgehead atoms. The zero-order valence-electron chi connectivity index (χ0n) is 13.7. The van der Waals surface area contributed by atoms with Crippen LogP contribution >= 0.6 is 7.37 Å². The molecule has 2 atom stereocenters. The van der Waals surface area contributed by atoms with Crippen LogP contribution in [-0.2, 0) is 11.0 Å². The average Bonchev–Trinajstić information content (AvgIpc) is 2.47. The van der Waals surface area contributed by atoms with E-state index in [-0.39, 0.29) is 0 Å². The number of hydrogen-bond donors (Lipinski definition) is 1. The fourth-order valence-electron chi connectivity index (χ4n) is 3.19. The molecule has 0 aliphatic carbocycles. The molecule has 120 valence electrons. The third kappa shape index (κ3) is 4.97. The lowest BCUT2D eigenvalue weighted by Crippen LogP contribution is -2.05. The molecule has 3 heteroatoms. The SMILES string of the molecule is CCCC(C)CP(=O)(O)CCCc1cccc2ccccc12. The molecule has 0 radical (unpaired) electrons. The van der Waals surface area contributed by atoms with Crippen molar-refractivity contribution in [2.75, 3.05) is 12.3 Å². The molecule has 2 aromatic rings. The van der Waals surface area contributed by atoms with Crippen molar-refractivity contribution in [1.82, 2.24) is 0 Å². The van der Waals surface area contributed by atoms with Crippen molar-refractivity contribution in [3.63, 3.8) is 0 Å². The minimum absolute atomic E-state index is 0.346. The Labute approximate surface area is 134 Å². The molecule has 0 fully saturated rings. The molecule has 22 heavy (non-hydrogen) atoms. The number of rotatable bonds is 8. The standard InChI is InChI=1S/C19H27O2P/c1-3-8-16(2)15-22(20,21)14-7-12-18-11-6-10-17-9-4-5-13-19(17)18/h4-6,9-11,13,16H,3,7-8,12,14-15H2,1-2H3,(H,20,21). The van der Waals surface area contributed by atoms with Crippen molar-refractivity contribution < 1.29 is 9.46 Å². The Balaban J connectivity index is 1.94. The summed E-state index contributed by atoms with van der Waals surface area (Å²) < 4.78 is 12.3. The van der Waals surface area contributed by atoms with E-state index in [4.69, 9.17) is 0 Å². The van der Waals surface area contributed by atoms with Crippen LogP contribution in [0.25, 0.3) is 10.8 Å². The summed E-state index contributed by atoms with van der Waals surface area (Å²) in [5.74, 6) is 0.346. The zero-order valence-corrected chi connectivity index (χ0v) is 14.6. The molecule has 2 rings (SSSR count). The number of benzene rings is 2. The summed E-state index contributed by atoms with van der Waals surface area (Å²) >= 11 is 0. The summed E-state index contributed by atoms with van der Waals surface area (Å²) in [6, 6.07) is 14.7. The Bertz CT molecular complexity index is 645. The van der Waals surface area contributed by atoms with Crippen LogP contribution in [0.1, 0.15) is 38.7 Å². The molecule has 0 saturated carbocycles. The second-order valence-electron chi connectivity index (χ2n) is 6.39. The maximum absolute atomic E-state index is 12.3. The van der Waals surface area contributed by atoms with Crippen molar-refractivity contribution >= 4 is 18.1 Å². The predicted molar refractivity (Wildman–Crippen MR) is 95.9 cm³/mol. The van der Waals surface area contributed by atoms with Gasteiger partial charge >= 0.3 is 0 Å². The molecule has 1 N–H and O–H groups in total. The Morgan fingerprint density at radius 1 is 1.14 bits per heavy atom. The Kier molecular flexibility index (Phi) is 6.23. The van der Waals surface area contributed by atoms with E-state index < -0.39 is 7.37 Å². The van der Waals surface area contributed by atoms with E-state index >= 15 is 0 Å². The summed E-state index contributed by atoms with van der Waals surface area (Å²) in [5.41, 5.74) is 1.28. The monoisotopic (exact) mass is 318 g/mol. The first kappa shape index (κ1) is 17.2. The second-order valence-corrected chi connectivity index (χ2v) is 8.89. The van der Waals surface area contributed by atoms with Crippen LogP contribution in [0, 0.1) is 5.92 Å². The van der Waals surface area contributed by atoms with E-state index in [0.29, 0.717) is 18.2 Å². The highest BCUT2D eigenvalue weighted by molar-refractivity contribution is 7.57. The lowest BCUT2D eigenvalue weighted by atomic mass is 10.0. The van der Waals surface area contributed by atoms with Gasteiger partial charge in [-0.15, -0.1) is 0 Å². The molecule has 2 unspecified atom stereocenters. The van der Waals surface area contributed by atoms with Gasteiger partial charge in [0.1, 0.15) is 0 Å². The molecular formula is C19H27O2P. The summed E-state index contributed by atoms with van der Waals surface area (Å²) in [7, 11) is -2.98. The number of fused-ring (bicyclic) bond motifs is 1. The van der Waals surface area contributed by atoms with Crippen LogP contribution in [0.15, 0.2) is 42.5 Å². The second kappa shape index (κ2) is 7.94. The van der Waals surface area contributed by atoms with Crippen molar-refractivity contribution in [2.45, 2.75) is 39.5 Å². The molecule has 2 nitrogen and oxygen atoms in total. The lowest BCUT2D eigenvalue weighted by Gasteiger charge is -2.16. The van der Waals surface area contributed by atoms with Crippen molar-refractivity contribution in [1.29, 1.82) is 0 Å². The van der Waals surface area contributed by atoms with Gasteiger partial charge in [-0.2, -0.15) is 0 Å². The van der Waals surface area contributed by atoms with Crippen LogP contribution in [-0.4, -0.2) is 17.2 Å². The molecule has 0 amide bonds. The van der Waals surface area contributed by atoms with E-state index in [1.54, 1.807) is 0 Å². The fraction of sp³-hybridized carbons (Fsp3) is 0.474. The summed E-state index contributed by atoms with van der Waals surface area (Å²) in [4.78, 5) is 10.2. The van der Waals surface area contributed by atoms with Gasteiger partial charge in [-0.05, 0) is 35.1 Å². The van der Waals surface area contributed by atoms with E-state index in [1.807, 2.05) is 6.07 Å². The molecule has 0 aliphatic rings. The van der Waals surface area contributed by atoms with E-state index in [2.05, 4.69) is 50.2 Å². The fourth-order valence-corrected chi connectivity index (χ4v) is 5.18. The smallest absolute Gasteiger partial charge is 0.200 e. The van der Waals surface area contributed by atoms with Crippen LogP contribution in [0.2, 0.25) is 0 Å². The molecule has 0 spiro atoms. The lowest BCUT2D eigenvalue weighted by molar-refractivity contribution is 0.456. The molecule has 2 aromatic carbocycles. The van der Waals surface area contributed by atoms with Gasteiger partial charge in [0.05, 0.1) is 0 Å². The van der Waals surface area contributed by atoms with Gasteiger partial charge < -0.3 is 4.89 Å². The maximum Gasteiger partial charge on any atom is 0.200 e. The molecule has 0 saturated heterocycles. The van der Waals surface area contributed by atoms with Gasteiger partial charge in [0.25, 0.3) is 0 Å². The third-order valence-electron chi connectivity index (χ3n) is 4.21. The van der Waals surface area contributed by atoms with E-state index in [9.17, 15) is 9.46 Å². The highest BCUT2D eigenvalue weighted by Crippen LogP contribution is 2.44. The quantitative estimate of drug-likeness (QED) is 0.654. The topological polar surface area (TPSA) is 37.3 Å². The zero-order chi connectivity index (χ0) is 16.0. The van der Waals surface area contributed by atoms with Gasteiger partial charge in [0.15, 0.2) is 0 Å². The first-order valence-corrected chi connectivity index (χ1v) is 10.3. The van der Waals surface area contributed by atoms with Gasteiger partial charge in [0.2, 0.25) is 7.37 Å². The van der Waals surface area contributed by atoms with Crippen LogP contribution < -0.4 is 0 Å². The predicted octanol–water partition coefficient (Wildman–Crippen LogP) is 5.48. The van der Waals surface area contributed by atoms with Crippen LogP contribution in [0.3, 0.4) is 0 Å². The summed E-state index contributed by atoms with van der Waals surface area (Å²) in [6.45, 7) is 4.20.